The van der Waals surface area contributed by atoms with Crippen molar-refractivity contribution in [1.29, 1.82) is 0 Å². The first-order valence-electron chi connectivity index (χ1n) is 3.98. The number of hydrogen-bond donors (Lipinski definition) is 4. The number of benzene rings is 1. The van der Waals surface area contributed by atoms with E-state index < -0.39 is 18.4 Å². The molecule has 0 aliphatic heterocycles. The standard InChI is InChI=1S/C9H9NO5.ClH/c10-6-2-5(9(14)15)1-4(8(6)13)3-7(11)12;/h1-2,13H,3,10H2,(H,11,12)(H,14,15);1H. The van der Waals surface area contributed by atoms with E-state index in [9.17, 15) is 14.7 Å². The maximum absolute atomic E-state index is 10.6. The predicted molar refractivity (Wildman–Crippen MR) is 58.1 cm³/mol. The Morgan fingerprint density at radius 3 is 2.25 bits per heavy atom. The number of aromatic hydroxyl groups is 1. The van der Waals surface area contributed by atoms with E-state index in [1.54, 1.807) is 0 Å². The predicted octanol–water partition coefficient (Wildman–Crippen LogP) is 0.722. The number of nitrogen functional groups attached to an aromatic ring is 1. The van der Waals surface area contributed by atoms with Gasteiger partial charge in [0.1, 0.15) is 5.75 Å². The SMILES string of the molecule is Cl.Nc1cc(C(=O)O)cc(CC(=O)O)c1O. The first kappa shape index (κ1) is 14.1. The Kier molecular flexibility index (Phi) is 4.59. The highest BCUT2D eigenvalue weighted by molar-refractivity contribution is 5.90. The van der Waals surface area contributed by atoms with E-state index in [1.165, 1.54) is 0 Å². The van der Waals surface area contributed by atoms with E-state index >= 15 is 0 Å². The van der Waals surface area contributed by atoms with Crippen molar-refractivity contribution in [2.24, 2.45) is 0 Å². The van der Waals surface area contributed by atoms with Gasteiger partial charge in [0.15, 0.2) is 0 Å². The van der Waals surface area contributed by atoms with Gasteiger partial charge in [0.2, 0.25) is 0 Å². The minimum Gasteiger partial charge on any atom is -0.505 e. The molecule has 0 radical (unpaired) electrons. The molecule has 1 rings (SSSR count). The summed E-state index contributed by atoms with van der Waals surface area (Å²) in [5.74, 6) is -2.79. The summed E-state index contributed by atoms with van der Waals surface area (Å²) < 4.78 is 0. The zero-order valence-electron chi connectivity index (χ0n) is 8.01. The van der Waals surface area contributed by atoms with Crippen LogP contribution in [0.3, 0.4) is 0 Å². The summed E-state index contributed by atoms with van der Waals surface area (Å²) >= 11 is 0. The molecule has 0 aliphatic rings. The largest absolute Gasteiger partial charge is 0.505 e. The Labute approximate surface area is 96.7 Å². The molecule has 0 aromatic heterocycles. The second-order valence-corrected chi connectivity index (χ2v) is 2.95. The van der Waals surface area contributed by atoms with Crippen molar-refractivity contribution in [3.8, 4) is 5.75 Å². The van der Waals surface area contributed by atoms with E-state index in [4.69, 9.17) is 15.9 Å². The molecule has 0 bridgehead atoms. The number of rotatable bonds is 3. The molecule has 0 aliphatic carbocycles. The summed E-state index contributed by atoms with van der Waals surface area (Å²) in [4.78, 5) is 21.0. The van der Waals surface area contributed by atoms with Crippen molar-refractivity contribution in [2.45, 2.75) is 6.42 Å². The fourth-order valence-corrected chi connectivity index (χ4v) is 1.14. The van der Waals surface area contributed by atoms with Crippen molar-refractivity contribution in [3.63, 3.8) is 0 Å². The van der Waals surface area contributed by atoms with E-state index in [-0.39, 0.29) is 35.0 Å². The normalized spacial score (nSPS) is 9.25. The third-order valence-corrected chi connectivity index (χ3v) is 1.81. The molecule has 0 heterocycles. The Morgan fingerprint density at radius 2 is 1.81 bits per heavy atom. The topological polar surface area (TPSA) is 121 Å². The number of phenolic OH excluding ortho intramolecular Hbond substituents is 1. The van der Waals surface area contributed by atoms with Crippen LogP contribution in [0.1, 0.15) is 15.9 Å². The smallest absolute Gasteiger partial charge is 0.335 e. The lowest BCUT2D eigenvalue weighted by molar-refractivity contribution is -0.136. The molecule has 16 heavy (non-hydrogen) atoms. The van der Waals surface area contributed by atoms with Gasteiger partial charge in [0.25, 0.3) is 0 Å². The van der Waals surface area contributed by atoms with Gasteiger partial charge in [0.05, 0.1) is 17.7 Å². The molecular formula is C9H10ClNO5. The maximum atomic E-state index is 10.6. The summed E-state index contributed by atoms with van der Waals surface area (Å²) in [6.45, 7) is 0. The summed E-state index contributed by atoms with van der Waals surface area (Å²) in [6, 6.07) is 2.16. The van der Waals surface area contributed by atoms with Crippen LogP contribution in [0, 0.1) is 0 Å². The van der Waals surface area contributed by atoms with Crippen LogP contribution in [-0.4, -0.2) is 27.3 Å². The van der Waals surface area contributed by atoms with Crippen molar-refractivity contribution >= 4 is 30.0 Å². The number of aliphatic carboxylic acids is 1. The van der Waals surface area contributed by atoms with E-state index in [2.05, 4.69) is 0 Å². The Hall–Kier alpha value is -1.95. The lowest BCUT2D eigenvalue weighted by Crippen LogP contribution is -2.05. The van der Waals surface area contributed by atoms with Gasteiger partial charge < -0.3 is 21.1 Å². The Morgan fingerprint density at radius 1 is 1.25 bits per heavy atom. The minimum absolute atomic E-state index is 0. The first-order valence-corrected chi connectivity index (χ1v) is 3.98. The van der Waals surface area contributed by atoms with Crippen LogP contribution in [0.4, 0.5) is 5.69 Å². The molecular weight excluding hydrogens is 238 g/mol. The number of nitrogens with two attached hydrogens (primary N) is 1. The number of aromatic carboxylic acids is 1. The average Bonchev–Trinajstić information content (AvgIpc) is 2.11. The Bertz CT molecular complexity index is 432. The lowest BCUT2D eigenvalue weighted by atomic mass is 10.1. The van der Waals surface area contributed by atoms with Crippen LogP contribution < -0.4 is 5.73 Å². The highest BCUT2D eigenvalue weighted by Gasteiger charge is 2.13. The molecule has 0 saturated carbocycles. The van der Waals surface area contributed by atoms with Crippen LogP contribution in [0.15, 0.2) is 12.1 Å². The van der Waals surface area contributed by atoms with Crippen LogP contribution in [0.2, 0.25) is 0 Å². The molecule has 0 unspecified atom stereocenters. The molecule has 88 valence electrons. The summed E-state index contributed by atoms with van der Waals surface area (Å²) in [6.07, 6.45) is -0.475. The number of halogens is 1. The molecule has 5 N–H and O–H groups in total. The van der Waals surface area contributed by atoms with E-state index in [1.807, 2.05) is 0 Å². The first-order chi connectivity index (χ1) is 6.91. The summed E-state index contributed by atoms with van der Waals surface area (Å²) in [5, 5.41) is 26.6. The highest BCUT2D eigenvalue weighted by Crippen LogP contribution is 2.27. The lowest BCUT2D eigenvalue weighted by Gasteiger charge is -2.06. The second-order valence-electron chi connectivity index (χ2n) is 2.95. The third kappa shape index (κ3) is 3.03. The third-order valence-electron chi connectivity index (χ3n) is 1.81. The number of hydrogen-bond acceptors (Lipinski definition) is 4. The van der Waals surface area contributed by atoms with Gasteiger partial charge in [0, 0.05) is 5.56 Å². The molecule has 0 amide bonds. The molecule has 0 fully saturated rings. The number of phenols is 1. The zero-order chi connectivity index (χ0) is 11.6. The van der Waals surface area contributed by atoms with Crippen LogP contribution in [-0.2, 0) is 11.2 Å². The van der Waals surface area contributed by atoms with Gasteiger partial charge in [-0.05, 0) is 12.1 Å². The molecule has 6 nitrogen and oxygen atoms in total. The van der Waals surface area contributed by atoms with E-state index in [0.717, 1.165) is 12.1 Å². The van der Waals surface area contributed by atoms with Crippen LogP contribution >= 0.6 is 12.4 Å². The molecule has 0 saturated heterocycles. The summed E-state index contributed by atoms with van der Waals surface area (Å²) in [7, 11) is 0. The quantitative estimate of drug-likeness (QED) is 0.461. The molecule has 1 aromatic carbocycles. The van der Waals surface area contributed by atoms with Crippen molar-refractivity contribution in [1.82, 2.24) is 0 Å². The second kappa shape index (κ2) is 5.22. The molecule has 7 heteroatoms. The minimum atomic E-state index is -1.23. The van der Waals surface area contributed by atoms with E-state index in [0.29, 0.717) is 0 Å². The van der Waals surface area contributed by atoms with Gasteiger partial charge in [-0.15, -0.1) is 12.4 Å². The van der Waals surface area contributed by atoms with Gasteiger partial charge in [-0.3, -0.25) is 4.79 Å². The number of carboxylic acids is 2. The van der Waals surface area contributed by atoms with Crippen LogP contribution in [0.25, 0.3) is 0 Å². The molecule has 0 spiro atoms. The highest BCUT2D eigenvalue weighted by atomic mass is 35.5. The maximum Gasteiger partial charge on any atom is 0.335 e. The van der Waals surface area contributed by atoms with Crippen molar-refractivity contribution in [2.75, 3.05) is 5.73 Å². The molecule has 1 aromatic rings. The number of carbonyl (C=O) groups is 2. The van der Waals surface area contributed by atoms with Gasteiger partial charge >= 0.3 is 11.9 Å². The summed E-state index contributed by atoms with van der Waals surface area (Å²) in [5.41, 5.74) is 5.02. The zero-order valence-corrected chi connectivity index (χ0v) is 8.82. The molecule has 0 atom stereocenters. The fraction of sp³-hybridized carbons (Fsp3) is 0.111. The van der Waals surface area contributed by atoms with Crippen LogP contribution in [0.5, 0.6) is 5.75 Å². The van der Waals surface area contributed by atoms with Crippen molar-refractivity contribution in [3.05, 3.63) is 23.3 Å². The average molecular weight is 248 g/mol. The number of carboxylic acid groups (broad SMARTS) is 2. The Balaban J connectivity index is 0.00000225. The van der Waals surface area contributed by atoms with Gasteiger partial charge in [-0.2, -0.15) is 0 Å². The van der Waals surface area contributed by atoms with Gasteiger partial charge in [-0.25, -0.2) is 4.79 Å². The van der Waals surface area contributed by atoms with Crippen molar-refractivity contribution < 1.29 is 24.9 Å². The number of anilines is 1. The fourth-order valence-electron chi connectivity index (χ4n) is 1.14. The van der Waals surface area contributed by atoms with Gasteiger partial charge in [-0.1, -0.05) is 0 Å². The monoisotopic (exact) mass is 247 g/mol.